The van der Waals surface area contributed by atoms with E-state index in [0.717, 1.165) is 17.8 Å². The van der Waals surface area contributed by atoms with Crippen molar-refractivity contribution in [2.45, 2.75) is 18.8 Å². The van der Waals surface area contributed by atoms with Crippen LogP contribution >= 0.6 is 27.3 Å². The molecule has 9 heteroatoms. The summed E-state index contributed by atoms with van der Waals surface area (Å²) in [5.41, 5.74) is 0.354. The third-order valence-corrected chi connectivity index (χ3v) is 5.39. The van der Waals surface area contributed by atoms with Gasteiger partial charge in [-0.15, -0.1) is 10.2 Å². The number of halogens is 1. The molecule has 2 aromatic rings. The molecule has 7 nitrogen and oxygen atoms in total. The molecule has 1 aliphatic rings. The molecule has 0 saturated heterocycles. The molecular weight excluding hydrogens is 398 g/mol. The predicted octanol–water partition coefficient (Wildman–Crippen LogP) is 3.46. The summed E-state index contributed by atoms with van der Waals surface area (Å²) in [7, 11) is 4.50. The number of rotatable bonds is 6. The average Bonchev–Trinajstić information content (AvgIpc) is 3.34. The largest absolute Gasteiger partial charge is 0.493 e. The first-order chi connectivity index (χ1) is 11.6. The molecule has 3 rings (SSSR count). The van der Waals surface area contributed by atoms with Crippen LogP contribution in [0.1, 0.15) is 34.1 Å². The van der Waals surface area contributed by atoms with Crippen molar-refractivity contribution in [1.29, 1.82) is 0 Å². The van der Waals surface area contributed by atoms with E-state index in [-0.39, 0.29) is 5.91 Å². The minimum Gasteiger partial charge on any atom is -0.493 e. The van der Waals surface area contributed by atoms with E-state index in [1.54, 1.807) is 6.07 Å². The Labute approximate surface area is 151 Å². The monoisotopic (exact) mass is 413 g/mol. The summed E-state index contributed by atoms with van der Waals surface area (Å²) in [5, 5.41) is 12.3. The molecule has 1 saturated carbocycles. The highest BCUT2D eigenvalue weighted by Crippen LogP contribution is 2.45. The van der Waals surface area contributed by atoms with Crippen molar-refractivity contribution in [3.63, 3.8) is 0 Å². The topological polar surface area (TPSA) is 82.6 Å². The first-order valence-corrected chi connectivity index (χ1v) is 8.83. The van der Waals surface area contributed by atoms with Gasteiger partial charge in [0.15, 0.2) is 11.5 Å². The summed E-state index contributed by atoms with van der Waals surface area (Å²) in [4.78, 5) is 12.6. The SMILES string of the molecule is COc1cc(C(=O)Nc2nnc(C3CC3)s2)c(Br)c(OC)c1OC. The highest BCUT2D eigenvalue weighted by Gasteiger charge is 2.28. The second-order valence-corrected chi connectivity index (χ2v) is 6.98. The Morgan fingerprint density at radius 3 is 2.50 bits per heavy atom. The van der Waals surface area contributed by atoms with Gasteiger partial charge < -0.3 is 14.2 Å². The Balaban J connectivity index is 1.90. The number of hydrogen-bond donors (Lipinski definition) is 1. The van der Waals surface area contributed by atoms with Gasteiger partial charge in [-0.3, -0.25) is 10.1 Å². The van der Waals surface area contributed by atoms with Crippen molar-refractivity contribution in [2.24, 2.45) is 0 Å². The number of amides is 1. The van der Waals surface area contributed by atoms with Crippen molar-refractivity contribution < 1.29 is 19.0 Å². The first-order valence-electron chi connectivity index (χ1n) is 7.22. The smallest absolute Gasteiger partial charge is 0.258 e. The van der Waals surface area contributed by atoms with E-state index in [2.05, 4.69) is 31.4 Å². The molecule has 0 bridgehead atoms. The molecule has 0 aliphatic heterocycles. The Hall–Kier alpha value is -1.87. The van der Waals surface area contributed by atoms with Crippen LogP contribution in [0.2, 0.25) is 0 Å². The number of anilines is 1. The van der Waals surface area contributed by atoms with Crippen LogP contribution in [-0.2, 0) is 0 Å². The van der Waals surface area contributed by atoms with Crippen LogP contribution < -0.4 is 19.5 Å². The zero-order chi connectivity index (χ0) is 17.3. The molecule has 1 N–H and O–H groups in total. The number of nitrogens with one attached hydrogen (secondary N) is 1. The third-order valence-electron chi connectivity index (χ3n) is 3.60. The molecule has 0 unspecified atom stereocenters. The summed E-state index contributed by atoms with van der Waals surface area (Å²) < 4.78 is 16.4. The molecule has 0 radical (unpaired) electrons. The lowest BCUT2D eigenvalue weighted by Gasteiger charge is -2.16. The number of ether oxygens (including phenoxy) is 3. The minimum absolute atomic E-state index is 0.334. The van der Waals surface area contributed by atoms with Crippen LogP contribution in [0.15, 0.2) is 10.5 Å². The van der Waals surface area contributed by atoms with E-state index in [0.29, 0.717) is 38.3 Å². The maximum absolute atomic E-state index is 12.6. The number of nitrogens with zero attached hydrogens (tertiary/aromatic N) is 2. The second-order valence-electron chi connectivity index (χ2n) is 5.18. The lowest BCUT2D eigenvalue weighted by molar-refractivity contribution is 0.102. The van der Waals surface area contributed by atoms with Crippen molar-refractivity contribution in [3.05, 3.63) is 21.1 Å². The van der Waals surface area contributed by atoms with E-state index in [1.165, 1.54) is 32.7 Å². The third kappa shape index (κ3) is 3.18. The molecule has 1 amide bonds. The van der Waals surface area contributed by atoms with E-state index >= 15 is 0 Å². The van der Waals surface area contributed by atoms with Crippen molar-refractivity contribution in [2.75, 3.05) is 26.6 Å². The van der Waals surface area contributed by atoms with Crippen LogP contribution in [0, 0.1) is 0 Å². The van der Waals surface area contributed by atoms with E-state index in [9.17, 15) is 4.79 Å². The summed E-state index contributed by atoms with van der Waals surface area (Å²) in [6.07, 6.45) is 2.28. The van der Waals surface area contributed by atoms with E-state index < -0.39 is 0 Å². The minimum atomic E-state index is -0.334. The Morgan fingerprint density at radius 1 is 1.21 bits per heavy atom. The van der Waals surface area contributed by atoms with Crippen molar-refractivity contribution in [1.82, 2.24) is 10.2 Å². The van der Waals surface area contributed by atoms with E-state index in [1.807, 2.05) is 0 Å². The lowest BCUT2D eigenvalue weighted by atomic mass is 10.1. The Kier molecular flexibility index (Phi) is 4.91. The fourth-order valence-electron chi connectivity index (χ4n) is 2.23. The second kappa shape index (κ2) is 6.94. The maximum atomic E-state index is 12.6. The summed E-state index contributed by atoms with van der Waals surface area (Å²) in [6, 6.07) is 1.59. The highest BCUT2D eigenvalue weighted by molar-refractivity contribution is 9.10. The molecule has 1 aromatic heterocycles. The number of hydrogen-bond acceptors (Lipinski definition) is 7. The van der Waals surface area contributed by atoms with Gasteiger partial charge in [0, 0.05) is 5.92 Å². The van der Waals surface area contributed by atoms with Gasteiger partial charge in [0.25, 0.3) is 5.91 Å². The number of benzene rings is 1. The van der Waals surface area contributed by atoms with Gasteiger partial charge in [0.05, 0.1) is 31.4 Å². The van der Waals surface area contributed by atoms with Crippen LogP contribution in [-0.4, -0.2) is 37.4 Å². The van der Waals surface area contributed by atoms with Crippen LogP contribution in [0.4, 0.5) is 5.13 Å². The fourth-order valence-corrected chi connectivity index (χ4v) is 3.78. The van der Waals surface area contributed by atoms with Crippen LogP contribution in [0.3, 0.4) is 0 Å². The lowest BCUT2D eigenvalue weighted by Crippen LogP contribution is -2.13. The predicted molar refractivity (Wildman–Crippen MR) is 93.6 cm³/mol. The molecule has 1 heterocycles. The molecule has 1 aromatic carbocycles. The van der Waals surface area contributed by atoms with Gasteiger partial charge in [-0.25, -0.2) is 0 Å². The number of carbonyl (C=O) groups excluding carboxylic acids is 1. The average molecular weight is 414 g/mol. The molecule has 0 spiro atoms. The number of methoxy groups -OCH3 is 3. The highest BCUT2D eigenvalue weighted by atomic mass is 79.9. The Bertz CT molecular complexity index is 776. The molecular formula is C15H16BrN3O4S. The van der Waals surface area contributed by atoms with Crippen LogP contribution in [0.25, 0.3) is 0 Å². The van der Waals surface area contributed by atoms with Gasteiger partial charge in [0.1, 0.15) is 5.01 Å². The first kappa shape index (κ1) is 17.0. The number of aromatic nitrogens is 2. The molecule has 1 aliphatic carbocycles. The summed E-state index contributed by atoms with van der Waals surface area (Å²) >= 11 is 4.80. The molecule has 128 valence electrons. The normalized spacial score (nSPS) is 13.5. The standard InChI is InChI=1S/C15H16BrN3O4S/c1-21-9-6-8(10(16)12(23-3)11(9)22-2)13(20)17-15-19-18-14(24-15)7-4-5-7/h6-7H,4-5H2,1-3H3,(H,17,19,20). The zero-order valence-corrected chi connectivity index (χ0v) is 15.8. The quantitative estimate of drug-likeness (QED) is 0.780. The van der Waals surface area contributed by atoms with Crippen molar-refractivity contribution in [3.8, 4) is 17.2 Å². The summed E-state index contributed by atoms with van der Waals surface area (Å²) in [5.74, 6) is 1.37. The van der Waals surface area contributed by atoms with Gasteiger partial charge in [-0.05, 0) is 34.8 Å². The van der Waals surface area contributed by atoms with Gasteiger partial charge >= 0.3 is 0 Å². The molecule has 0 atom stereocenters. The Morgan fingerprint density at radius 2 is 1.92 bits per heavy atom. The summed E-state index contributed by atoms with van der Waals surface area (Å²) in [6.45, 7) is 0. The fraction of sp³-hybridized carbons (Fsp3) is 0.400. The zero-order valence-electron chi connectivity index (χ0n) is 13.4. The molecule has 1 fully saturated rings. The maximum Gasteiger partial charge on any atom is 0.258 e. The van der Waals surface area contributed by atoms with E-state index in [4.69, 9.17) is 14.2 Å². The number of carbonyl (C=O) groups is 1. The van der Waals surface area contributed by atoms with Gasteiger partial charge in [-0.2, -0.15) is 0 Å². The molecule has 24 heavy (non-hydrogen) atoms. The van der Waals surface area contributed by atoms with Crippen molar-refractivity contribution >= 4 is 38.3 Å². The van der Waals surface area contributed by atoms with Gasteiger partial charge in [0.2, 0.25) is 10.9 Å². The van der Waals surface area contributed by atoms with Crippen LogP contribution in [0.5, 0.6) is 17.2 Å². The van der Waals surface area contributed by atoms with Gasteiger partial charge in [-0.1, -0.05) is 11.3 Å².